The minimum atomic E-state index is -1.06. The fourth-order valence-electron chi connectivity index (χ4n) is 2.65. The predicted molar refractivity (Wildman–Crippen MR) is 64.7 cm³/mol. The van der Waals surface area contributed by atoms with E-state index in [-0.39, 0.29) is 12.2 Å². The van der Waals surface area contributed by atoms with E-state index in [4.69, 9.17) is 14.2 Å². The molecule has 1 N–H and O–H groups in total. The highest BCUT2D eigenvalue weighted by Crippen LogP contribution is 2.42. The first kappa shape index (κ1) is 13.5. The van der Waals surface area contributed by atoms with Crippen molar-refractivity contribution in [2.45, 2.75) is 51.1 Å². The summed E-state index contributed by atoms with van der Waals surface area (Å²) in [6.07, 6.45) is -1.21. The maximum absolute atomic E-state index is 13.4. The second kappa shape index (κ2) is 4.24. The molecular formula is C12H15FN2O5. The molecule has 110 valence electrons. The van der Waals surface area contributed by atoms with Gasteiger partial charge in [0.1, 0.15) is 12.2 Å². The molecule has 2 fully saturated rings. The minimum Gasteiger partial charge on any atom is -0.349 e. The molecule has 8 heteroatoms. The first-order chi connectivity index (χ1) is 9.28. The number of hydrogen-bond acceptors (Lipinski definition) is 5. The number of aromatic nitrogens is 2. The van der Waals surface area contributed by atoms with E-state index in [1.807, 2.05) is 4.98 Å². The lowest BCUT2D eigenvalue weighted by atomic mass is 10.1. The lowest BCUT2D eigenvalue weighted by Gasteiger charge is -2.23. The van der Waals surface area contributed by atoms with Crippen LogP contribution in [0.4, 0.5) is 4.39 Å². The Bertz CT molecular complexity index is 652. The molecule has 4 atom stereocenters. The zero-order valence-corrected chi connectivity index (χ0v) is 11.3. The molecule has 2 saturated heterocycles. The molecule has 2 aliphatic rings. The van der Waals surface area contributed by atoms with Crippen LogP contribution in [0.25, 0.3) is 0 Å². The van der Waals surface area contributed by atoms with Gasteiger partial charge in [-0.2, -0.15) is 4.39 Å². The van der Waals surface area contributed by atoms with Crippen LogP contribution in [-0.4, -0.2) is 33.7 Å². The molecule has 20 heavy (non-hydrogen) atoms. The second-order valence-electron chi connectivity index (χ2n) is 5.44. The quantitative estimate of drug-likeness (QED) is 0.792. The Morgan fingerprint density at radius 1 is 1.30 bits per heavy atom. The Morgan fingerprint density at radius 2 is 1.95 bits per heavy atom. The van der Waals surface area contributed by atoms with E-state index in [9.17, 15) is 14.0 Å². The van der Waals surface area contributed by atoms with Crippen LogP contribution in [0.15, 0.2) is 15.8 Å². The van der Waals surface area contributed by atoms with E-state index >= 15 is 0 Å². The Balaban J connectivity index is 2.01. The summed E-state index contributed by atoms with van der Waals surface area (Å²) in [6, 6.07) is 0. The number of aromatic amines is 1. The van der Waals surface area contributed by atoms with E-state index < -0.39 is 35.2 Å². The molecule has 1 aromatic rings. The molecule has 0 radical (unpaired) electrons. The van der Waals surface area contributed by atoms with Gasteiger partial charge in [0.2, 0.25) is 5.82 Å². The first-order valence-corrected chi connectivity index (χ1v) is 6.30. The Hall–Kier alpha value is -1.51. The molecule has 3 rings (SSSR count). The maximum atomic E-state index is 13.4. The number of halogens is 1. The van der Waals surface area contributed by atoms with E-state index in [2.05, 4.69) is 0 Å². The summed E-state index contributed by atoms with van der Waals surface area (Å²) in [5.74, 6) is -1.85. The normalized spacial score (nSPS) is 35.2. The van der Waals surface area contributed by atoms with Crippen molar-refractivity contribution < 1.29 is 18.6 Å². The Labute approximate surface area is 113 Å². The highest BCUT2D eigenvalue weighted by Gasteiger charge is 2.54. The van der Waals surface area contributed by atoms with Crippen molar-refractivity contribution in [3.63, 3.8) is 0 Å². The smallest absolute Gasteiger partial charge is 0.330 e. The predicted octanol–water partition coefficient (Wildman–Crippen LogP) is 0.113. The molecule has 1 unspecified atom stereocenters. The number of rotatable bonds is 1. The van der Waals surface area contributed by atoms with Gasteiger partial charge in [-0.3, -0.25) is 14.3 Å². The van der Waals surface area contributed by atoms with E-state index in [0.29, 0.717) is 0 Å². The first-order valence-electron chi connectivity index (χ1n) is 6.30. The second-order valence-corrected chi connectivity index (χ2v) is 5.44. The third-order valence-electron chi connectivity index (χ3n) is 3.46. The molecule has 3 heterocycles. The molecule has 0 spiro atoms. The number of ether oxygens (including phenoxy) is 3. The molecule has 0 saturated carbocycles. The van der Waals surface area contributed by atoms with Crippen molar-refractivity contribution in [1.82, 2.24) is 9.55 Å². The molecule has 0 aromatic carbocycles. The summed E-state index contributed by atoms with van der Waals surface area (Å²) in [4.78, 5) is 24.8. The summed E-state index contributed by atoms with van der Waals surface area (Å²) in [5.41, 5.74) is -1.81. The summed E-state index contributed by atoms with van der Waals surface area (Å²) in [6.45, 7) is 5.30. The molecular weight excluding hydrogens is 271 g/mol. The van der Waals surface area contributed by atoms with Gasteiger partial charge in [0, 0.05) is 0 Å². The maximum Gasteiger partial charge on any atom is 0.330 e. The summed E-state index contributed by atoms with van der Waals surface area (Å²) < 4.78 is 31.4. The van der Waals surface area contributed by atoms with Crippen LogP contribution in [0.5, 0.6) is 0 Å². The molecule has 0 aliphatic carbocycles. The zero-order chi connectivity index (χ0) is 14.7. The highest BCUT2D eigenvalue weighted by molar-refractivity contribution is 4.98. The largest absolute Gasteiger partial charge is 0.349 e. The molecule has 0 amide bonds. The lowest BCUT2D eigenvalue weighted by molar-refractivity contribution is -0.195. The zero-order valence-electron chi connectivity index (χ0n) is 11.3. The van der Waals surface area contributed by atoms with Crippen LogP contribution in [0.2, 0.25) is 0 Å². The molecule has 0 bridgehead atoms. The number of nitrogens with one attached hydrogen (secondary N) is 1. The van der Waals surface area contributed by atoms with Crippen LogP contribution in [0.1, 0.15) is 27.0 Å². The molecule has 7 nitrogen and oxygen atoms in total. The molecule has 2 aliphatic heterocycles. The van der Waals surface area contributed by atoms with Gasteiger partial charge in [-0.25, -0.2) is 4.79 Å². The van der Waals surface area contributed by atoms with Crippen molar-refractivity contribution >= 4 is 0 Å². The Morgan fingerprint density at radius 3 is 2.65 bits per heavy atom. The fourth-order valence-corrected chi connectivity index (χ4v) is 2.65. The van der Waals surface area contributed by atoms with Gasteiger partial charge in [-0.15, -0.1) is 0 Å². The van der Waals surface area contributed by atoms with Crippen LogP contribution < -0.4 is 11.2 Å². The van der Waals surface area contributed by atoms with Crippen LogP contribution in [0.3, 0.4) is 0 Å². The van der Waals surface area contributed by atoms with Crippen LogP contribution >= 0.6 is 0 Å². The Kier molecular flexibility index (Phi) is 2.86. The standard InChI is InChI=1S/C12H15FN2O5/c1-5-7-8(20-12(2,3)19-7)10(18-5)15-4-6(13)9(16)14-11(15)17/h4-5,7-8,10H,1-3H3,(H,14,16,17)/t5-,7?,8+,10-/m0/s1. The van der Waals surface area contributed by atoms with Crippen LogP contribution in [-0.2, 0) is 14.2 Å². The number of hydrogen-bond donors (Lipinski definition) is 1. The number of nitrogens with zero attached hydrogens (tertiary/aromatic N) is 1. The van der Waals surface area contributed by atoms with E-state index in [1.54, 1.807) is 20.8 Å². The molecule has 1 aromatic heterocycles. The monoisotopic (exact) mass is 286 g/mol. The van der Waals surface area contributed by atoms with Gasteiger partial charge in [0.05, 0.1) is 12.3 Å². The van der Waals surface area contributed by atoms with E-state index in [1.165, 1.54) is 0 Å². The minimum absolute atomic E-state index is 0.311. The number of H-pyrrole nitrogens is 1. The fraction of sp³-hybridized carbons (Fsp3) is 0.667. The van der Waals surface area contributed by atoms with Gasteiger partial charge >= 0.3 is 5.69 Å². The van der Waals surface area contributed by atoms with Crippen molar-refractivity contribution in [2.75, 3.05) is 0 Å². The lowest BCUT2D eigenvalue weighted by Crippen LogP contribution is -2.38. The highest BCUT2D eigenvalue weighted by atomic mass is 19.1. The van der Waals surface area contributed by atoms with E-state index in [0.717, 1.165) is 10.8 Å². The summed E-state index contributed by atoms with van der Waals surface area (Å²) in [5, 5.41) is 0. The summed E-state index contributed by atoms with van der Waals surface area (Å²) in [7, 11) is 0. The summed E-state index contributed by atoms with van der Waals surface area (Å²) >= 11 is 0. The average molecular weight is 286 g/mol. The van der Waals surface area contributed by atoms with Gasteiger partial charge in [-0.05, 0) is 20.8 Å². The third kappa shape index (κ3) is 2.00. The van der Waals surface area contributed by atoms with Crippen LogP contribution in [0, 0.1) is 5.82 Å². The van der Waals surface area contributed by atoms with Crippen molar-refractivity contribution in [3.8, 4) is 0 Å². The van der Waals surface area contributed by atoms with Gasteiger partial charge < -0.3 is 14.2 Å². The van der Waals surface area contributed by atoms with Crippen molar-refractivity contribution in [2.24, 2.45) is 0 Å². The van der Waals surface area contributed by atoms with Crippen molar-refractivity contribution in [3.05, 3.63) is 32.9 Å². The van der Waals surface area contributed by atoms with Crippen molar-refractivity contribution in [1.29, 1.82) is 0 Å². The number of fused-ring (bicyclic) bond motifs is 1. The topological polar surface area (TPSA) is 82.6 Å². The SMILES string of the molecule is C[C@@H]1O[C@H](n2cc(F)c(=O)[nH]c2=O)[C@@H]2OC(C)(C)OC12. The average Bonchev–Trinajstić information content (AvgIpc) is 2.80. The van der Waals surface area contributed by atoms with Gasteiger partial charge in [0.15, 0.2) is 12.0 Å². The van der Waals surface area contributed by atoms with Gasteiger partial charge in [-0.1, -0.05) is 0 Å². The third-order valence-corrected chi connectivity index (χ3v) is 3.46. The van der Waals surface area contributed by atoms with Gasteiger partial charge in [0.25, 0.3) is 5.56 Å².